The number of nitrogens with one attached hydrogen (secondary N) is 2. The normalized spacial score (nSPS) is 12.2. The highest BCUT2D eigenvalue weighted by Crippen LogP contribution is 2.08. The molecule has 0 aliphatic rings. The molecule has 0 saturated carbocycles. The van der Waals surface area contributed by atoms with Gasteiger partial charge in [0.25, 0.3) is 0 Å². The standard InChI is InChI=1S/C12H18N6OS/c1-8(11-17-14-7-18(11)3)15-12(19)13-5-4-10-6-20-9(2)16-10/h6-8H,4-5H2,1-3H3,(H2,13,15,19)/t8-/m1/s1. The van der Waals surface area contributed by atoms with Gasteiger partial charge in [0.15, 0.2) is 5.82 Å². The predicted octanol–water partition coefficient (Wildman–Crippen LogP) is 1.18. The van der Waals surface area contributed by atoms with Gasteiger partial charge < -0.3 is 15.2 Å². The molecule has 1 atom stereocenters. The lowest BCUT2D eigenvalue weighted by Crippen LogP contribution is -2.38. The summed E-state index contributed by atoms with van der Waals surface area (Å²) in [7, 11) is 1.84. The van der Waals surface area contributed by atoms with E-state index in [0.29, 0.717) is 6.54 Å². The smallest absolute Gasteiger partial charge is 0.315 e. The Morgan fingerprint density at radius 1 is 1.55 bits per heavy atom. The Hall–Kier alpha value is -1.96. The first-order valence-electron chi connectivity index (χ1n) is 6.35. The SMILES string of the molecule is Cc1nc(CCNC(=O)N[C@H](C)c2nncn2C)cs1. The molecular weight excluding hydrogens is 276 g/mol. The Morgan fingerprint density at radius 2 is 2.35 bits per heavy atom. The van der Waals surface area contributed by atoms with Crippen molar-refractivity contribution < 1.29 is 4.79 Å². The summed E-state index contributed by atoms with van der Waals surface area (Å²) in [4.78, 5) is 16.1. The van der Waals surface area contributed by atoms with Gasteiger partial charge in [0.1, 0.15) is 6.33 Å². The molecule has 0 aliphatic carbocycles. The molecule has 2 amide bonds. The van der Waals surface area contributed by atoms with Gasteiger partial charge in [-0.3, -0.25) is 0 Å². The van der Waals surface area contributed by atoms with Gasteiger partial charge in [0, 0.05) is 25.4 Å². The summed E-state index contributed by atoms with van der Waals surface area (Å²) in [5.41, 5.74) is 1.01. The van der Waals surface area contributed by atoms with Crippen LogP contribution in [0.2, 0.25) is 0 Å². The van der Waals surface area contributed by atoms with E-state index in [1.807, 2.05) is 26.3 Å². The van der Waals surface area contributed by atoms with E-state index in [1.165, 1.54) is 0 Å². The van der Waals surface area contributed by atoms with E-state index in [2.05, 4.69) is 25.8 Å². The van der Waals surface area contributed by atoms with Crippen molar-refractivity contribution in [3.05, 3.63) is 28.2 Å². The molecule has 0 bridgehead atoms. The molecule has 2 N–H and O–H groups in total. The molecule has 0 spiro atoms. The Labute approximate surface area is 121 Å². The average Bonchev–Trinajstić information content (AvgIpc) is 2.98. The maximum absolute atomic E-state index is 11.8. The van der Waals surface area contributed by atoms with Crippen molar-refractivity contribution in [2.24, 2.45) is 7.05 Å². The molecule has 20 heavy (non-hydrogen) atoms. The summed E-state index contributed by atoms with van der Waals surface area (Å²) in [6, 6.07) is -0.406. The van der Waals surface area contributed by atoms with Crippen LogP contribution in [0, 0.1) is 6.92 Å². The number of aryl methyl sites for hydroxylation is 2. The third kappa shape index (κ3) is 3.77. The highest BCUT2D eigenvalue weighted by atomic mass is 32.1. The lowest BCUT2D eigenvalue weighted by Gasteiger charge is -2.13. The van der Waals surface area contributed by atoms with Gasteiger partial charge in [0.05, 0.1) is 16.7 Å². The first-order valence-corrected chi connectivity index (χ1v) is 7.23. The lowest BCUT2D eigenvalue weighted by atomic mass is 10.3. The molecule has 2 rings (SSSR count). The zero-order valence-corrected chi connectivity index (χ0v) is 12.6. The van der Waals surface area contributed by atoms with E-state index < -0.39 is 0 Å². The van der Waals surface area contributed by atoms with Gasteiger partial charge in [0.2, 0.25) is 0 Å². The van der Waals surface area contributed by atoms with Crippen molar-refractivity contribution in [3.8, 4) is 0 Å². The molecule has 0 aliphatic heterocycles. The fourth-order valence-corrected chi connectivity index (χ4v) is 2.47. The summed E-state index contributed by atoms with van der Waals surface area (Å²) in [6.45, 7) is 4.39. The van der Waals surface area contributed by atoms with Crippen molar-refractivity contribution >= 4 is 17.4 Å². The van der Waals surface area contributed by atoms with Gasteiger partial charge in [-0.05, 0) is 13.8 Å². The summed E-state index contributed by atoms with van der Waals surface area (Å²) < 4.78 is 1.78. The van der Waals surface area contributed by atoms with E-state index in [0.717, 1.165) is 22.9 Å². The van der Waals surface area contributed by atoms with Crippen molar-refractivity contribution in [3.63, 3.8) is 0 Å². The van der Waals surface area contributed by atoms with Crippen molar-refractivity contribution in [1.29, 1.82) is 0 Å². The van der Waals surface area contributed by atoms with Crippen LogP contribution in [0.1, 0.15) is 29.5 Å². The second-order valence-electron chi connectivity index (χ2n) is 4.53. The van der Waals surface area contributed by atoms with Crippen LogP contribution >= 0.6 is 11.3 Å². The Balaban J connectivity index is 1.74. The molecular formula is C12H18N6OS. The maximum Gasteiger partial charge on any atom is 0.315 e. The van der Waals surface area contributed by atoms with Gasteiger partial charge in [-0.15, -0.1) is 21.5 Å². The van der Waals surface area contributed by atoms with E-state index >= 15 is 0 Å². The minimum atomic E-state index is -0.215. The topological polar surface area (TPSA) is 84.7 Å². The summed E-state index contributed by atoms with van der Waals surface area (Å²) in [6.07, 6.45) is 2.34. The summed E-state index contributed by atoms with van der Waals surface area (Å²) >= 11 is 1.62. The van der Waals surface area contributed by atoms with Crippen LogP contribution in [0.4, 0.5) is 4.79 Å². The molecule has 7 nitrogen and oxygen atoms in total. The molecule has 0 unspecified atom stereocenters. The first kappa shape index (κ1) is 14.4. The molecule has 2 aromatic heterocycles. The van der Waals surface area contributed by atoms with Gasteiger partial charge in [-0.1, -0.05) is 0 Å². The number of carbonyl (C=O) groups is 1. The number of aromatic nitrogens is 4. The summed E-state index contributed by atoms with van der Waals surface area (Å²) in [5.74, 6) is 0.718. The molecule has 2 heterocycles. The third-order valence-corrected chi connectivity index (χ3v) is 3.64. The van der Waals surface area contributed by atoms with Crippen LogP contribution in [0.25, 0.3) is 0 Å². The van der Waals surface area contributed by atoms with Crippen LogP contribution in [0.3, 0.4) is 0 Å². The van der Waals surface area contributed by atoms with Crippen LogP contribution in [-0.4, -0.2) is 32.3 Å². The second-order valence-corrected chi connectivity index (χ2v) is 5.59. The van der Waals surface area contributed by atoms with Crippen LogP contribution < -0.4 is 10.6 Å². The number of nitrogens with zero attached hydrogens (tertiary/aromatic N) is 4. The average molecular weight is 294 g/mol. The Bertz CT molecular complexity index is 578. The van der Waals surface area contributed by atoms with Gasteiger partial charge in [-0.25, -0.2) is 9.78 Å². The van der Waals surface area contributed by atoms with E-state index in [4.69, 9.17) is 0 Å². The fourth-order valence-electron chi connectivity index (χ4n) is 1.82. The van der Waals surface area contributed by atoms with Crippen molar-refractivity contribution in [1.82, 2.24) is 30.4 Å². The Morgan fingerprint density at radius 3 is 2.95 bits per heavy atom. The number of urea groups is 1. The van der Waals surface area contributed by atoms with Crippen LogP contribution in [0.5, 0.6) is 0 Å². The Kier molecular flexibility index (Phi) is 4.67. The molecule has 8 heteroatoms. The first-order chi connectivity index (χ1) is 9.56. The minimum absolute atomic E-state index is 0.191. The zero-order chi connectivity index (χ0) is 14.5. The molecule has 0 saturated heterocycles. The third-order valence-electron chi connectivity index (χ3n) is 2.81. The molecule has 0 fully saturated rings. The number of amides is 2. The lowest BCUT2D eigenvalue weighted by molar-refractivity contribution is 0.237. The molecule has 2 aromatic rings. The molecule has 108 valence electrons. The maximum atomic E-state index is 11.8. The number of hydrogen-bond acceptors (Lipinski definition) is 5. The number of thiazole rings is 1. The largest absolute Gasteiger partial charge is 0.338 e. The minimum Gasteiger partial charge on any atom is -0.338 e. The highest BCUT2D eigenvalue weighted by Gasteiger charge is 2.13. The predicted molar refractivity (Wildman–Crippen MR) is 76.5 cm³/mol. The van der Waals surface area contributed by atoms with Crippen molar-refractivity contribution in [2.75, 3.05) is 6.54 Å². The number of hydrogen-bond donors (Lipinski definition) is 2. The summed E-state index contributed by atoms with van der Waals surface area (Å²) in [5, 5.41) is 16.4. The van der Waals surface area contributed by atoms with E-state index in [9.17, 15) is 4.79 Å². The number of carbonyl (C=O) groups excluding carboxylic acids is 1. The van der Waals surface area contributed by atoms with Gasteiger partial charge in [-0.2, -0.15) is 0 Å². The van der Waals surface area contributed by atoms with Gasteiger partial charge >= 0.3 is 6.03 Å². The number of rotatable bonds is 5. The van der Waals surface area contributed by atoms with Crippen LogP contribution in [0.15, 0.2) is 11.7 Å². The second kappa shape index (κ2) is 6.47. The monoisotopic (exact) mass is 294 g/mol. The van der Waals surface area contributed by atoms with Crippen molar-refractivity contribution in [2.45, 2.75) is 26.3 Å². The molecule has 0 radical (unpaired) electrons. The highest BCUT2D eigenvalue weighted by molar-refractivity contribution is 7.09. The molecule has 0 aromatic carbocycles. The quantitative estimate of drug-likeness (QED) is 0.867. The van der Waals surface area contributed by atoms with E-state index in [-0.39, 0.29) is 12.1 Å². The fraction of sp³-hybridized carbons (Fsp3) is 0.500. The van der Waals surface area contributed by atoms with Crippen LogP contribution in [-0.2, 0) is 13.5 Å². The van der Waals surface area contributed by atoms with E-state index in [1.54, 1.807) is 22.2 Å². The zero-order valence-electron chi connectivity index (χ0n) is 11.8.